The summed E-state index contributed by atoms with van der Waals surface area (Å²) in [6.07, 6.45) is 1.52. The van der Waals surface area contributed by atoms with Crippen LogP contribution in [0.3, 0.4) is 0 Å². The molecule has 0 amide bonds. The summed E-state index contributed by atoms with van der Waals surface area (Å²) in [5.41, 5.74) is 0.204. The van der Waals surface area contributed by atoms with Crippen molar-refractivity contribution in [2.45, 2.75) is 46.1 Å². The second-order valence-electron chi connectivity index (χ2n) is 4.83. The van der Waals surface area contributed by atoms with E-state index in [2.05, 4.69) is 20.8 Å². The van der Waals surface area contributed by atoms with Crippen LogP contribution in [-0.2, 0) is 4.79 Å². The van der Waals surface area contributed by atoms with E-state index in [1.54, 1.807) is 0 Å². The zero-order valence-corrected chi connectivity index (χ0v) is 8.13. The maximum atomic E-state index is 11.2. The molecule has 1 aliphatic rings. The molecule has 0 aromatic heterocycles. The summed E-state index contributed by atoms with van der Waals surface area (Å²) in [5, 5.41) is 9.21. The lowest BCUT2D eigenvalue weighted by atomic mass is 9.71. The molecule has 0 aromatic carbocycles. The Morgan fingerprint density at radius 3 is 2.33 bits per heavy atom. The van der Waals surface area contributed by atoms with Crippen LogP contribution < -0.4 is 0 Å². The maximum Gasteiger partial charge on any atom is 0.161 e. The highest BCUT2D eigenvalue weighted by Crippen LogP contribution is 2.36. The fourth-order valence-electron chi connectivity index (χ4n) is 1.74. The Kier molecular flexibility index (Phi) is 2.57. The lowest BCUT2D eigenvalue weighted by molar-refractivity contribution is -0.132. The number of rotatable bonds is 0. The van der Waals surface area contributed by atoms with Crippen molar-refractivity contribution >= 4 is 5.78 Å². The van der Waals surface area contributed by atoms with Crippen LogP contribution in [0, 0.1) is 11.3 Å². The first-order chi connectivity index (χ1) is 5.41. The molecule has 0 saturated heterocycles. The van der Waals surface area contributed by atoms with E-state index in [9.17, 15) is 9.90 Å². The van der Waals surface area contributed by atoms with E-state index in [4.69, 9.17) is 0 Å². The molecular weight excluding hydrogens is 152 g/mol. The molecule has 12 heavy (non-hydrogen) atoms. The van der Waals surface area contributed by atoms with Gasteiger partial charge in [0.05, 0.1) is 0 Å². The fourth-order valence-corrected chi connectivity index (χ4v) is 1.74. The smallest absolute Gasteiger partial charge is 0.161 e. The molecular formula is C10H18O2. The lowest BCUT2D eigenvalue weighted by Gasteiger charge is -2.34. The van der Waals surface area contributed by atoms with Gasteiger partial charge in [0.1, 0.15) is 6.10 Å². The molecule has 0 heterocycles. The third-order valence-electron chi connectivity index (χ3n) is 2.83. The van der Waals surface area contributed by atoms with Crippen LogP contribution in [0.1, 0.15) is 40.0 Å². The SMILES string of the molecule is CC(C)(C)C1CCC(O)C(=O)C1. The van der Waals surface area contributed by atoms with Crippen LogP contribution in [0.4, 0.5) is 0 Å². The Bertz CT molecular complexity index is 179. The molecule has 2 atom stereocenters. The van der Waals surface area contributed by atoms with Gasteiger partial charge in [-0.1, -0.05) is 20.8 Å². The van der Waals surface area contributed by atoms with E-state index in [1.165, 1.54) is 0 Å². The molecule has 1 N–H and O–H groups in total. The van der Waals surface area contributed by atoms with Crippen molar-refractivity contribution in [3.63, 3.8) is 0 Å². The molecule has 2 heteroatoms. The first kappa shape index (κ1) is 9.72. The van der Waals surface area contributed by atoms with Crippen molar-refractivity contribution in [3.8, 4) is 0 Å². The summed E-state index contributed by atoms with van der Waals surface area (Å²) < 4.78 is 0. The van der Waals surface area contributed by atoms with Crippen LogP contribution >= 0.6 is 0 Å². The van der Waals surface area contributed by atoms with Gasteiger partial charge in [0.15, 0.2) is 5.78 Å². The third-order valence-corrected chi connectivity index (χ3v) is 2.83. The average molecular weight is 170 g/mol. The van der Waals surface area contributed by atoms with E-state index in [0.29, 0.717) is 18.8 Å². The highest BCUT2D eigenvalue weighted by molar-refractivity contribution is 5.83. The summed E-state index contributed by atoms with van der Waals surface area (Å²) >= 11 is 0. The van der Waals surface area contributed by atoms with Crippen LogP contribution in [-0.4, -0.2) is 17.0 Å². The molecule has 0 aromatic rings. The van der Waals surface area contributed by atoms with E-state index < -0.39 is 6.10 Å². The molecule has 0 radical (unpaired) electrons. The van der Waals surface area contributed by atoms with Gasteiger partial charge in [-0.05, 0) is 24.2 Å². The number of carbonyl (C=O) groups is 1. The number of Topliss-reactive ketones (excluding diaryl/α,β-unsaturated/α-hetero) is 1. The highest BCUT2D eigenvalue weighted by Gasteiger charge is 2.33. The Morgan fingerprint density at radius 1 is 1.33 bits per heavy atom. The van der Waals surface area contributed by atoms with Gasteiger partial charge in [-0.3, -0.25) is 4.79 Å². The van der Waals surface area contributed by atoms with Crippen molar-refractivity contribution in [2.24, 2.45) is 11.3 Å². The Morgan fingerprint density at radius 2 is 1.92 bits per heavy atom. The van der Waals surface area contributed by atoms with E-state index in [0.717, 1.165) is 6.42 Å². The quantitative estimate of drug-likeness (QED) is 0.601. The number of hydrogen-bond donors (Lipinski definition) is 1. The van der Waals surface area contributed by atoms with Gasteiger partial charge in [0.25, 0.3) is 0 Å². The fraction of sp³-hybridized carbons (Fsp3) is 0.900. The Hall–Kier alpha value is -0.370. The molecule has 0 spiro atoms. The normalized spacial score (nSPS) is 32.2. The van der Waals surface area contributed by atoms with Gasteiger partial charge in [-0.2, -0.15) is 0 Å². The van der Waals surface area contributed by atoms with Crippen molar-refractivity contribution in [2.75, 3.05) is 0 Å². The number of aliphatic hydroxyl groups excluding tert-OH is 1. The van der Waals surface area contributed by atoms with Crippen molar-refractivity contribution in [1.29, 1.82) is 0 Å². The third kappa shape index (κ3) is 2.07. The number of carbonyl (C=O) groups excluding carboxylic acids is 1. The summed E-state index contributed by atoms with van der Waals surface area (Å²) in [6.45, 7) is 6.47. The Balaban J connectivity index is 2.57. The molecule has 1 rings (SSSR count). The molecule has 0 bridgehead atoms. The largest absolute Gasteiger partial charge is 0.385 e. The minimum Gasteiger partial charge on any atom is -0.385 e. The number of aliphatic hydroxyl groups is 1. The summed E-state index contributed by atoms with van der Waals surface area (Å²) in [5.74, 6) is 0.481. The van der Waals surface area contributed by atoms with Crippen molar-refractivity contribution < 1.29 is 9.90 Å². The standard InChI is InChI=1S/C10H18O2/c1-10(2,3)7-4-5-8(11)9(12)6-7/h7-8,11H,4-6H2,1-3H3. The average Bonchev–Trinajstić information content (AvgIpc) is 1.92. The first-order valence-electron chi connectivity index (χ1n) is 4.62. The minimum absolute atomic E-state index is 0.0289. The van der Waals surface area contributed by atoms with Crippen LogP contribution in [0.5, 0.6) is 0 Å². The van der Waals surface area contributed by atoms with Crippen LogP contribution in [0.25, 0.3) is 0 Å². The van der Waals surface area contributed by atoms with Crippen LogP contribution in [0.2, 0.25) is 0 Å². The molecule has 1 aliphatic carbocycles. The van der Waals surface area contributed by atoms with Crippen molar-refractivity contribution in [3.05, 3.63) is 0 Å². The van der Waals surface area contributed by atoms with Gasteiger partial charge in [0, 0.05) is 6.42 Å². The molecule has 2 nitrogen and oxygen atoms in total. The topological polar surface area (TPSA) is 37.3 Å². The predicted molar refractivity (Wildman–Crippen MR) is 47.8 cm³/mol. The zero-order chi connectivity index (χ0) is 9.35. The summed E-state index contributed by atoms with van der Waals surface area (Å²) in [7, 11) is 0. The lowest BCUT2D eigenvalue weighted by Crippen LogP contribution is -2.34. The molecule has 1 saturated carbocycles. The van der Waals surface area contributed by atoms with Crippen molar-refractivity contribution in [1.82, 2.24) is 0 Å². The minimum atomic E-state index is -0.677. The second kappa shape index (κ2) is 3.17. The Labute approximate surface area is 74.0 Å². The molecule has 0 aliphatic heterocycles. The first-order valence-corrected chi connectivity index (χ1v) is 4.62. The zero-order valence-electron chi connectivity index (χ0n) is 8.13. The van der Waals surface area contributed by atoms with Gasteiger partial charge in [-0.15, -0.1) is 0 Å². The molecule has 1 fully saturated rings. The highest BCUT2D eigenvalue weighted by atomic mass is 16.3. The second-order valence-corrected chi connectivity index (χ2v) is 4.83. The molecule has 70 valence electrons. The summed E-state index contributed by atoms with van der Waals surface area (Å²) in [6, 6.07) is 0. The van der Waals surface area contributed by atoms with Gasteiger partial charge >= 0.3 is 0 Å². The predicted octanol–water partition coefficient (Wildman–Crippen LogP) is 1.76. The maximum absolute atomic E-state index is 11.2. The van der Waals surface area contributed by atoms with Gasteiger partial charge in [-0.25, -0.2) is 0 Å². The number of ketones is 1. The number of hydrogen-bond acceptors (Lipinski definition) is 2. The van der Waals surface area contributed by atoms with Gasteiger partial charge < -0.3 is 5.11 Å². The van der Waals surface area contributed by atoms with E-state index >= 15 is 0 Å². The van der Waals surface area contributed by atoms with E-state index in [-0.39, 0.29) is 11.2 Å². The monoisotopic (exact) mass is 170 g/mol. The van der Waals surface area contributed by atoms with E-state index in [1.807, 2.05) is 0 Å². The summed E-state index contributed by atoms with van der Waals surface area (Å²) in [4.78, 5) is 11.2. The van der Waals surface area contributed by atoms with Gasteiger partial charge in [0.2, 0.25) is 0 Å². The van der Waals surface area contributed by atoms with Crippen LogP contribution in [0.15, 0.2) is 0 Å². The molecule has 2 unspecified atom stereocenters.